The molecule has 1 aliphatic heterocycles. The summed E-state index contributed by atoms with van der Waals surface area (Å²) in [6.45, 7) is 2.85. The number of hydrogen-bond acceptors (Lipinski definition) is 3. The molecule has 114 valence electrons. The van der Waals surface area contributed by atoms with E-state index in [2.05, 4.69) is 0 Å². The Morgan fingerprint density at radius 3 is 2.40 bits per heavy atom. The summed E-state index contributed by atoms with van der Waals surface area (Å²) in [5, 5.41) is 9.50. The minimum atomic E-state index is -0.774. The molecule has 1 unspecified atom stereocenters. The number of carboxylic acid groups (broad SMARTS) is 1. The molecule has 1 atom stereocenters. The minimum absolute atomic E-state index is 0.0311. The molecular formula is C15H26N2O3. The van der Waals surface area contributed by atoms with Crippen LogP contribution in [0.1, 0.15) is 58.3 Å². The van der Waals surface area contributed by atoms with Crippen molar-refractivity contribution in [3.05, 3.63) is 0 Å². The van der Waals surface area contributed by atoms with Crippen LogP contribution < -0.4 is 5.73 Å². The minimum Gasteiger partial charge on any atom is -0.481 e. The van der Waals surface area contributed by atoms with Crippen molar-refractivity contribution in [1.82, 2.24) is 4.90 Å². The van der Waals surface area contributed by atoms with Crippen LogP contribution in [0.5, 0.6) is 0 Å². The van der Waals surface area contributed by atoms with Crippen LogP contribution in [0.15, 0.2) is 0 Å². The first kappa shape index (κ1) is 15.3. The highest BCUT2D eigenvalue weighted by atomic mass is 16.4. The number of carboxylic acids is 1. The topological polar surface area (TPSA) is 83.6 Å². The molecule has 5 heteroatoms. The van der Waals surface area contributed by atoms with Gasteiger partial charge in [0.25, 0.3) is 0 Å². The van der Waals surface area contributed by atoms with Crippen LogP contribution in [0.3, 0.4) is 0 Å². The summed E-state index contributed by atoms with van der Waals surface area (Å²) in [5.41, 5.74) is 4.78. The third-order valence-electron chi connectivity index (χ3n) is 4.99. The molecule has 0 aromatic rings. The van der Waals surface area contributed by atoms with Gasteiger partial charge in [-0.2, -0.15) is 0 Å². The zero-order chi connectivity index (χ0) is 14.8. The third-order valence-corrected chi connectivity index (χ3v) is 4.99. The third kappa shape index (κ3) is 2.68. The second kappa shape index (κ2) is 5.72. The first-order chi connectivity index (χ1) is 9.43. The molecule has 0 bridgehead atoms. The van der Waals surface area contributed by atoms with Crippen LogP contribution in [0.25, 0.3) is 0 Å². The molecule has 1 amide bonds. The first-order valence-corrected chi connectivity index (χ1v) is 7.75. The van der Waals surface area contributed by atoms with Crippen molar-refractivity contribution in [2.75, 3.05) is 13.1 Å². The summed E-state index contributed by atoms with van der Waals surface area (Å²) in [7, 11) is 0. The van der Waals surface area contributed by atoms with Gasteiger partial charge in [-0.3, -0.25) is 9.59 Å². The molecule has 5 nitrogen and oxygen atoms in total. The molecular weight excluding hydrogens is 256 g/mol. The van der Waals surface area contributed by atoms with E-state index in [4.69, 9.17) is 5.73 Å². The average molecular weight is 282 g/mol. The monoisotopic (exact) mass is 282 g/mol. The molecule has 0 radical (unpaired) electrons. The van der Waals surface area contributed by atoms with Gasteiger partial charge in [-0.25, -0.2) is 0 Å². The van der Waals surface area contributed by atoms with E-state index in [9.17, 15) is 14.7 Å². The van der Waals surface area contributed by atoms with Crippen LogP contribution >= 0.6 is 0 Å². The number of likely N-dealkylation sites (tertiary alicyclic amines) is 1. The Kier molecular flexibility index (Phi) is 4.37. The van der Waals surface area contributed by atoms with E-state index in [0.29, 0.717) is 25.9 Å². The van der Waals surface area contributed by atoms with E-state index >= 15 is 0 Å². The zero-order valence-electron chi connectivity index (χ0n) is 12.4. The number of rotatable bonds is 4. The Balaban J connectivity index is 2.08. The number of carbonyl (C=O) groups is 2. The molecule has 0 aromatic heterocycles. The number of aliphatic carboxylic acids is 1. The summed E-state index contributed by atoms with van der Waals surface area (Å²) in [5.74, 6) is -0.805. The summed E-state index contributed by atoms with van der Waals surface area (Å²) in [4.78, 5) is 25.9. The molecule has 3 N–H and O–H groups in total. The van der Waals surface area contributed by atoms with E-state index in [-0.39, 0.29) is 5.91 Å². The lowest BCUT2D eigenvalue weighted by molar-refractivity contribution is -0.149. The number of carbonyl (C=O) groups excluding carboxylic acids is 1. The van der Waals surface area contributed by atoms with Gasteiger partial charge in [-0.1, -0.05) is 32.6 Å². The molecule has 20 heavy (non-hydrogen) atoms. The van der Waals surface area contributed by atoms with Crippen molar-refractivity contribution < 1.29 is 14.7 Å². The lowest BCUT2D eigenvalue weighted by atomic mass is 9.81. The number of nitrogens with zero attached hydrogens (tertiary/aromatic N) is 1. The molecule has 0 spiro atoms. The smallest absolute Gasteiger partial charge is 0.311 e. The van der Waals surface area contributed by atoms with Gasteiger partial charge in [0.1, 0.15) is 0 Å². The van der Waals surface area contributed by atoms with E-state index in [1.807, 2.05) is 6.92 Å². The van der Waals surface area contributed by atoms with Crippen molar-refractivity contribution in [2.45, 2.75) is 63.8 Å². The number of amides is 1. The quantitative estimate of drug-likeness (QED) is 0.823. The molecule has 1 aliphatic carbocycles. The molecule has 0 aromatic carbocycles. The predicted octanol–water partition coefficient (Wildman–Crippen LogP) is 1.75. The van der Waals surface area contributed by atoms with E-state index in [0.717, 1.165) is 38.5 Å². The SMILES string of the molecule is CCCC1(C(=O)O)CCN(C(=O)C2(N)CCCCC2)C1. The van der Waals surface area contributed by atoms with Crippen LogP contribution in [-0.2, 0) is 9.59 Å². The molecule has 2 fully saturated rings. The Morgan fingerprint density at radius 1 is 1.20 bits per heavy atom. The Bertz CT molecular complexity index is 391. The first-order valence-electron chi connectivity index (χ1n) is 7.75. The average Bonchev–Trinajstić information content (AvgIpc) is 2.85. The highest BCUT2D eigenvalue weighted by molar-refractivity contribution is 5.87. The Morgan fingerprint density at radius 2 is 1.85 bits per heavy atom. The zero-order valence-corrected chi connectivity index (χ0v) is 12.4. The van der Waals surface area contributed by atoms with Gasteiger partial charge in [0.2, 0.25) is 5.91 Å². The summed E-state index contributed by atoms with van der Waals surface area (Å²) >= 11 is 0. The molecule has 1 heterocycles. The standard InChI is InChI=1S/C15H26N2O3/c1-2-6-14(13(19)20)9-10-17(11-14)12(18)15(16)7-4-3-5-8-15/h2-11,16H2,1H3,(H,19,20). The van der Waals surface area contributed by atoms with Gasteiger partial charge in [-0.15, -0.1) is 0 Å². The molecule has 2 aliphatic rings. The van der Waals surface area contributed by atoms with E-state index in [1.165, 1.54) is 0 Å². The van der Waals surface area contributed by atoms with Crippen molar-refractivity contribution in [3.8, 4) is 0 Å². The second-order valence-electron chi connectivity index (χ2n) is 6.53. The van der Waals surface area contributed by atoms with Gasteiger partial charge in [0.05, 0.1) is 11.0 Å². The lowest BCUT2D eigenvalue weighted by Gasteiger charge is -2.36. The normalized spacial score (nSPS) is 29.4. The highest BCUT2D eigenvalue weighted by Crippen LogP contribution is 2.38. The van der Waals surface area contributed by atoms with Gasteiger partial charge < -0.3 is 15.7 Å². The Hall–Kier alpha value is -1.10. The fraction of sp³-hybridized carbons (Fsp3) is 0.867. The summed E-state index contributed by atoms with van der Waals surface area (Å²) in [6.07, 6.45) is 6.60. The maximum absolute atomic E-state index is 12.6. The fourth-order valence-corrected chi connectivity index (χ4v) is 3.72. The van der Waals surface area contributed by atoms with E-state index < -0.39 is 16.9 Å². The maximum Gasteiger partial charge on any atom is 0.311 e. The highest BCUT2D eigenvalue weighted by Gasteiger charge is 2.48. The number of nitrogens with two attached hydrogens (primary N) is 1. The van der Waals surface area contributed by atoms with Crippen LogP contribution in [0.2, 0.25) is 0 Å². The fourth-order valence-electron chi connectivity index (χ4n) is 3.72. The van der Waals surface area contributed by atoms with Gasteiger partial charge in [0.15, 0.2) is 0 Å². The van der Waals surface area contributed by atoms with Crippen molar-refractivity contribution >= 4 is 11.9 Å². The largest absolute Gasteiger partial charge is 0.481 e. The van der Waals surface area contributed by atoms with Crippen LogP contribution in [-0.4, -0.2) is 40.5 Å². The van der Waals surface area contributed by atoms with Gasteiger partial charge in [0, 0.05) is 13.1 Å². The van der Waals surface area contributed by atoms with Gasteiger partial charge >= 0.3 is 5.97 Å². The summed E-state index contributed by atoms with van der Waals surface area (Å²) < 4.78 is 0. The van der Waals surface area contributed by atoms with Crippen molar-refractivity contribution in [2.24, 2.45) is 11.1 Å². The molecule has 2 rings (SSSR count). The molecule has 1 saturated heterocycles. The Labute approximate surface area is 120 Å². The van der Waals surface area contributed by atoms with Crippen molar-refractivity contribution in [3.63, 3.8) is 0 Å². The van der Waals surface area contributed by atoms with Crippen molar-refractivity contribution in [1.29, 1.82) is 0 Å². The lowest BCUT2D eigenvalue weighted by Crippen LogP contribution is -2.56. The molecule has 1 saturated carbocycles. The predicted molar refractivity (Wildman–Crippen MR) is 76.2 cm³/mol. The van der Waals surface area contributed by atoms with E-state index in [1.54, 1.807) is 4.90 Å². The maximum atomic E-state index is 12.6. The summed E-state index contributed by atoms with van der Waals surface area (Å²) in [6, 6.07) is 0. The second-order valence-corrected chi connectivity index (χ2v) is 6.53. The number of hydrogen-bond donors (Lipinski definition) is 2. The van der Waals surface area contributed by atoms with Gasteiger partial charge in [-0.05, 0) is 25.7 Å². The van der Waals surface area contributed by atoms with Crippen LogP contribution in [0, 0.1) is 5.41 Å². The van der Waals surface area contributed by atoms with Crippen LogP contribution in [0.4, 0.5) is 0 Å².